The van der Waals surface area contributed by atoms with E-state index >= 15 is 0 Å². The first-order valence-corrected chi connectivity index (χ1v) is 8.40. The van der Waals surface area contributed by atoms with Crippen molar-refractivity contribution in [3.8, 4) is 0 Å². The van der Waals surface area contributed by atoms with Crippen molar-refractivity contribution < 1.29 is 9.59 Å². The highest BCUT2D eigenvalue weighted by molar-refractivity contribution is 6.03. The topological polar surface area (TPSA) is 96.0 Å². The summed E-state index contributed by atoms with van der Waals surface area (Å²) in [7, 11) is 0. The largest absolute Gasteiger partial charge is 0.350 e. The van der Waals surface area contributed by atoms with Crippen molar-refractivity contribution in [1.29, 1.82) is 0 Å². The quantitative estimate of drug-likeness (QED) is 0.626. The van der Waals surface area contributed by atoms with Gasteiger partial charge in [-0.05, 0) is 35.9 Å². The van der Waals surface area contributed by atoms with Crippen LogP contribution in [-0.2, 0) is 11.3 Å². The van der Waals surface area contributed by atoms with E-state index in [1.807, 2.05) is 30.3 Å². The number of nitrogens with one attached hydrogen (secondary N) is 3. The van der Waals surface area contributed by atoms with Gasteiger partial charge in [0.15, 0.2) is 0 Å². The second-order valence-electron chi connectivity index (χ2n) is 5.82. The summed E-state index contributed by atoms with van der Waals surface area (Å²) in [6.45, 7) is 2.00. The molecule has 0 saturated heterocycles. The van der Waals surface area contributed by atoms with Crippen LogP contribution in [0.1, 0.15) is 23.0 Å². The number of hydrogen-bond acceptors (Lipinski definition) is 5. The fourth-order valence-corrected chi connectivity index (χ4v) is 2.38. The minimum absolute atomic E-state index is 0.150. The van der Waals surface area contributed by atoms with Crippen LogP contribution >= 0.6 is 0 Å². The van der Waals surface area contributed by atoms with Gasteiger partial charge in [-0.3, -0.25) is 9.59 Å². The van der Waals surface area contributed by atoms with Crippen LogP contribution in [0, 0.1) is 0 Å². The normalized spacial score (nSPS) is 10.1. The van der Waals surface area contributed by atoms with E-state index in [9.17, 15) is 9.59 Å². The Kier molecular flexibility index (Phi) is 5.73. The number of carbonyl (C=O) groups excluding carboxylic acids is 2. The lowest BCUT2D eigenvalue weighted by molar-refractivity contribution is -0.114. The summed E-state index contributed by atoms with van der Waals surface area (Å²) in [5, 5.41) is 8.54. The third kappa shape index (κ3) is 5.37. The van der Waals surface area contributed by atoms with Gasteiger partial charge in [-0.1, -0.05) is 30.3 Å². The molecule has 0 atom stereocenters. The Bertz CT molecular complexity index is 927. The van der Waals surface area contributed by atoms with Crippen molar-refractivity contribution in [2.75, 3.05) is 16.0 Å². The van der Waals surface area contributed by atoms with E-state index in [-0.39, 0.29) is 17.5 Å². The van der Waals surface area contributed by atoms with Crippen molar-refractivity contribution in [3.05, 3.63) is 78.1 Å². The number of aromatic nitrogens is 2. The average molecular weight is 361 g/mol. The van der Waals surface area contributed by atoms with E-state index in [0.29, 0.717) is 23.9 Å². The molecule has 0 fully saturated rings. The summed E-state index contributed by atoms with van der Waals surface area (Å²) in [6.07, 6.45) is 1.54. The predicted molar refractivity (Wildman–Crippen MR) is 104 cm³/mol. The Hall–Kier alpha value is -3.74. The number of hydrogen-bond donors (Lipinski definition) is 3. The maximum Gasteiger partial charge on any atom is 0.274 e. The summed E-state index contributed by atoms with van der Waals surface area (Å²) < 4.78 is 0. The van der Waals surface area contributed by atoms with Gasteiger partial charge < -0.3 is 16.0 Å². The van der Waals surface area contributed by atoms with Gasteiger partial charge in [-0.2, -0.15) is 0 Å². The molecule has 0 aliphatic heterocycles. The molecule has 1 aromatic heterocycles. The second kappa shape index (κ2) is 8.57. The Morgan fingerprint density at radius 1 is 0.889 bits per heavy atom. The summed E-state index contributed by atoms with van der Waals surface area (Å²) in [4.78, 5) is 31.8. The molecule has 3 rings (SSSR count). The first-order chi connectivity index (χ1) is 13.1. The third-order valence-electron chi connectivity index (χ3n) is 3.64. The molecule has 3 N–H and O–H groups in total. The molecule has 0 saturated carbocycles. The van der Waals surface area contributed by atoms with Crippen LogP contribution in [-0.4, -0.2) is 21.8 Å². The zero-order valence-corrected chi connectivity index (χ0v) is 14.8. The molecule has 0 radical (unpaired) electrons. The SMILES string of the molecule is CC(=O)Nc1ccc(NC(=O)c2ccnc(NCc3ccccc3)n2)cc1. The smallest absolute Gasteiger partial charge is 0.274 e. The van der Waals surface area contributed by atoms with Gasteiger partial charge in [-0.15, -0.1) is 0 Å². The van der Waals surface area contributed by atoms with Crippen molar-refractivity contribution in [2.24, 2.45) is 0 Å². The van der Waals surface area contributed by atoms with Crippen LogP contribution in [0.25, 0.3) is 0 Å². The third-order valence-corrected chi connectivity index (χ3v) is 3.64. The van der Waals surface area contributed by atoms with Gasteiger partial charge >= 0.3 is 0 Å². The van der Waals surface area contributed by atoms with Crippen LogP contribution in [0.15, 0.2) is 66.9 Å². The molecule has 0 bridgehead atoms. The number of anilines is 3. The molecule has 3 aromatic rings. The van der Waals surface area contributed by atoms with Gasteiger partial charge in [0, 0.05) is 31.0 Å². The monoisotopic (exact) mass is 361 g/mol. The Morgan fingerprint density at radius 3 is 2.22 bits per heavy atom. The minimum Gasteiger partial charge on any atom is -0.350 e. The maximum absolute atomic E-state index is 12.4. The van der Waals surface area contributed by atoms with Crippen LogP contribution in [0.2, 0.25) is 0 Å². The van der Waals surface area contributed by atoms with Crippen molar-refractivity contribution in [2.45, 2.75) is 13.5 Å². The van der Waals surface area contributed by atoms with Crippen LogP contribution in [0.3, 0.4) is 0 Å². The van der Waals surface area contributed by atoms with Crippen molar-refractivity contribution >= 4 is 29.1 Å². The van der Waals surface area contributed by atoms with Gasteiger partial charge in [-0.25, -0.2) is 9.97 Å². The minimum atomic E-state index is -0.340. The summed E-state index contributed by atoms with van der Waals surface area (Å²) in [5.41, 5.74) is 2.61. The highest BCUT2D eigenvalue weighted by Crippen LogP contribution is 2.14. The molecule has 0 aliphatic carbocycles. The number of benzene rings is 2. The van der Waals surface area contributed by atoms with E-state index in [1.165, 1.54) is 13.1 Å². The van der Waals surface area contributed by atoms with Crippen LogP contribution in [0.5, 0.6) is 0 Å². The molecule has 136 valence electrons. The maximum atomic E-state index is 12.4. The molecule has 0 unspecified atom stereocenters. The molecule has 27 heavy (non-hydrogen) atoms. The molecule has 7 nitrogen and oxygen atoms in total. The second-order valence-corrected chi connectivity index (χ2v) is 5.82. The summed E-state index contributed by atoms with van der Waals surface area (Å²) in [6, 6.07) is 18.2. The standard InChI is InChI=1S/C20H19N5O2/c1-14(26)23-16-7-9-17(10-8-16)24-19(27)18-11-12-21-20(25-18)22-13-15-5-3-2-4-6-15/h2-12H,13H2,1H3,(H,23,26)(H,24,27)(H,21,22,25). The molecule has 0 spiro atoms. The van der Waals surface area contributed by atoms with Gasteiger partial charge in [0.2, 0.25) is 11.9 Å². The average Bonchev–Trinajstić information content (AvgIpc) is 2.68. The molecule has 7 heteroatoms. The van der Waals surface area contributed by atoms with Gasteiger partial charge in [0.05, 0.1) is 0 Å². The lowest BCUT2D eigenvalue weighted by atomic mass is 10.2. The van der Waals surface area contributed by atoms with E-state index in [1.54, 1.807) is 30.3 Å². The van der Waals surface area contributed by atoms with E-state index in [0.717, 1.165) is 5.56 Å². The van der Waals surface area contributed by atoms with E-state index in [4.69, 9.17) is 0 Å². The van der Waals surface area contributed by atoms with E-state index < -0.39 is 0 Å². The Morgan fingerprint density at radius 2 is 1.56 bits per heavy atom. The molecular formula is C20H19N5O2. The number of rotatable bonds is 6. The van der Waals surface area contributed by atoms with Crippen LogP contribution in [0.4, 0.5) is 17.3 Å². The first kappa shape index (κ1) is 18.1. The molecular weight excluding hydrogens is 342 g/mol. The predicted octanol–water partition coefficient (Wildman–Crippen LogP) is 3.30. The zero-order valence-electron chi connectivity index (χ0n) is 14.8. The Labute approximate surface area is 156 Å². The number of carbonyl (C=O) groups is 2. The first-order valence-electron chi connectivity index (χ1n) is 8.40. The fourth-order valence-electron chi connectivity index (χ4n) is 2.38. The lowest BCUT2D eigenvalue weighted by Crippen LogP contribution is -2.15. The lowest BCUT2D eigenvalue weighted by Gasteiger charge is -2.08. The molecule has 0 aliphatic rings. The van der Waals surface area contributed by atoms with E-state index in [2.05, 4.69) is 25.9 Å². The highest BCUT2D eigenvalue weighted by atomic mass is 16.2. The highest BCUT2D eigenvalue weighted by Gasteiger charge is 2.09. The molecule has 2 amide bonds. The number of nitrogens with zero attached hydrogens (tertiary/aromatic N) is 2. The summed E-state index contributed by atoms with van der Waals surface area (Å²) in [5.74, 6) is -0.108. The zero-order chi connectivity index (χ0) is 19.1. The van der Waals surface area contributed by atoms with Gasteiger partial charge in [0.1, 0.15) is 5.69 Å². The van der Waals surface area contributed by atoms with Crippen LogP contribution < -0.4 is 16.0 Å². The molecule has 1 heterocycles. The fraction of sp³-hybridized carbons (Fsp3) is 0.100. The Balaban J connectivity index is 1.62. The van der Waals surface area contributed by atoms with Gasteiger partial charge in [0.25, 0.3) is 5.91 Å². The van der Waals surface area contributed by atoms with Crippen molar-refractivity contribution in [3.63, 3.8) is 0 Å². The van der Waals surface area contributed by atoms with Crippen molar-refractivity contribution in [1.82, 2.24) is 9.97 Å². The summed E-state index contributed by atoms with van der Waals surface area (Å²) >= 11 is 0. The number of amides is 2. The molecule has 2 aromatic carbocycles.